The number of halogens is 2. The van der Waals surface area contributed by atoms with E-state index in [9.17, 15) is 4.39 Å². The number of piperazine rings is 1. The van der Waals surface area contributed by atoms with Crippen molar-refractivity contribution in [3.63, 3.8) is 0 Å². The largest absolute Gasteiger partial charge is 0.337 e. The van der Waals surface area contributed by atoms with Crippen LogP contribution in [-0.4, -0.2) is 51.3 Å². The molecule has 1 aliphatic rings. The molecule has 2 aromatic carbocycles. The Bertz CT molecular complexity index is 876. The molecule has 8 heteroatoms. The van der Waals surface area contributed by atoms with Gasteiger partial charge in [-0.25, -0.2) is 4.39 Å². The van der Waals surface area contributed by atoms with E-state index in [1.807, 2.05) is 36.4 Å². The third-order valence-corrected chi connectivity index (χ3v) is 5.26. The van der Waals surface area contributed by atoms with Gasteiger partial charge in [-0.15, -0.1) is 0 Å². The lowest BCUT2D eigenvalue weighted by atomic mass is 10.2. The van der Waals surface area contributed by atoms with E-state index < -0.39 is 0 Å². The van der Waals surface area contributed by atoms with Crippen LogP contribution in [0.25, 0.3) is 5.69 Å². The van der Waals surface area contributed by atoms with Crippen LogP contribution in [0.3, 0.4) is 0 Å². The average molecular weight is 417 g/mol. The molecule has 134 valence electrons. The van der Waals surface area contributed by atoms with Crippen molar-refractivity contribution >= 4 is 21.9 Å². The Morgan fingerprint density at radius 3 is 2.50 bits per heavy atom. The second kappa shape index (κ2) is 7.51. The number of para-hydroxylation sites is 1. The number of tetrazole rings is 1. The molecule has 0 saturated carbocycles. The Labute approximate surface area is 159 Å². The van der Waals surface area contributed by atoms with E-state index >= 15 is 0 Å². The highest BCUT2D eigenvalue weighted by molar-refractivity contribution is 9.10. The van der Waals surface area contributed by atoms with E-state index in [0.29, 0.717) is 0 Å². The molecule has 0 amide bonds. The van der Waals surface area contributed by atoms with Gasteiger partial charge in [-0.2, -0.15) is 4.68 Å². The molecule has 1 aromatic heterocycles. The van der Waals surface area contributed by atoms with Crippen LogP contribution in [0.2, 0.25) is 0 Å². The lowest BCUT2D eigenvalue weighted by molar-refractivity contribution is 0.248. The summed E-state index contributed by atoms with van der Waals surface area (Å²) in [4.78, 5) is 4.55. The number of hydrogen-bond acceptors (Lipinski definition) is 5. The molecule has 2 heterocycles. The van der Waals surface area contributed by atoms with Gasteiger partial charge < -0.3 is 4.90 Å². The van der Waals surface area contributed by atoms with Crippen LogP contribution in [0.15, 0.2) is 53.0 Å². The predicted molar refractivity (Wildman–Crippen MR) is 101 cm³/mol. The maximum atomic E-state index is 13.2. The standard InChI is InChI=1S/C18H18BrFN6/c19-17-12-15(20)7-6-14(17)13-24-8-10-25(11-9-24)18-21-22-23-26(18)16-4-2-1-3-5-16/h1-7,12H,8-11,13H2. The summed E-state index contributed by atoms with van der Waals surface area (Å²) < 4.78 is 15.8. The molecule has 0 radical (unpaired) electrons. The van der Waals surface area contributed by atoms with E-state index in [1.165, 1.54) is 12.1 Å². The molecule has 1 saturated heterocycles. The van der Waals surface area contributed by atoms with Crippen molar-refractivity contribution in [3.8, 4) is 5.69 Å². The lowest BCUT2D eigenvalue weighted by Crippen LogP contribution is -2.46. The van der Waals surface area contributed by atoms with Crippen molar-refractivity contribution < 1.29 is 4.39 Å². The molecular formula is C18H18BrFN6. The molecule has 0 bridgehead atoms. The van der Waals surface area contributed by atoms with Gasteiger partial charge in [-0.3, -0.25) is 4.90 Å². The maximum absolute atomic E-state index is 13.2. The topological polar surface area (TPSA) is 50.1 Å². The number of nitrogens with zero attached hydrogens (tertiary/aromatic N) is 6. The first-order chi connectivity index (χ1) is 12.7. The number of aromatic nitrogens is 4. The molecule has 6 nitrogen and oxygen atoms in total. The highest BCUT2D eigenvalue weighted by atomic mass is 79.9. The molecule has 26 heavy (non-hydrogen) atoms. The van der Waals surface area contributed by atoms with Gasteiger partial charge in [0.15, 0.2) is 0 Å². The van der Waals surface area contributed by atoms with Crippen LogP contribution in [-0.2, 0) is 6.54 Å². The minimum Gasteiger partial charge on any atom is -0.337 e. The Hall–Kier alpha value is -2.32. The van der Waals surface area contributed by atoms with Crippen LogP contribution in [0.4, 0.5) is 10.3 Å². The van der Waals surface area contributed by atoms with Crippen LogP contribution in [0.5, 0.6) is 0 Å². The number of anilines is 1. The minimum absolute atomic E-state index is 0.224. The highest BCUT2D eigenvalue weighted by Crippen LogP contribution is 2.22. The van der Waals surface area contributed by atoms with Crippen molar-refractivity contribution in [1.29, 1.82) is 0 Å². The first kappa shape index (κ1) is 17.1. The Balaban J connectivity index is 1.42. The fourth-order valence-corrected chi connectivity index (χ4v) is 3.59. The second-order valence-electron chi connectivity index (χ2n) is 6.23. The minimum atomic E-state index is -0.224. The number of rotatable bonds is 4. The van der Waals surface area contributed by atoms with E-state index in [2.05, 4.69) is 41.3 Å². The zero-order valence-corrected chi connectivity index (χ0v) is 15.7. The van der Waals surface area contributed by atoms with Gasteiger partial charge in [0.25, 0.3) is 0 Å². The summed E-state index contributed by atoms with van der Waals surface area (Å²) in [5.41, 5.74) is 2.04. The van der Waals surface area contributed by atoms with Gasteiger partial charge in [-0.05, 0) is 40.3 Å². The molecule has 0 unspecified atom stereocenters. The van der Waals surface area contributed by atoms with Crippen molar-refractivity contribution in [3.05, 3.63) is 64.4 Å². The van der Waals surface area contributed by atoms with E-state index in [0.717, 1.165) is 54.4 Å². The monoisotopic (exact) mass is 416 g/mol. The smallest absolute Gasteiger partial charge is 0.250 e. The Kier molecular flexibility index (Phi) is 4.94. The third kappa shape index (κ3) is 3.61. The molecule has 1 fully saturated rings. The second-order valence-corrected chi connectivity index (χ2v) is 7.08. The van der Waals surface area contributed by atoms with Crippen molar-refractivity contribution in [2.75, 3.05) is 31.1 Å². The first-order valence-electron chi connectivity index (χ1n) is 8.46. The molecule has 1 aliphatic heterocycles. The number of hydrogen-bond donors (Lipinski definition) is 0. The van der Waals surface area contributed by atoms with Crippen LogP contribution >= 0.6 is 15.9 Å². The van der Waals surface area contributed by atoms with Crippen molar-refractivity contribution in [2.45, 2.75) is 6.54 Å². The van der Waals surface area contributed by atoms with Crippen molar-refractivity contribution in [2.24, 2.45) is 0 Å². The summed E-state index contributed by atoms with van der Waals surface area (Å²) in [6, 6.07) is 14.7. The van der Waals surface area contributed by atoms with E-state index in [1.54, 1.807) is 4.68 Å². The Morgan fingerprint density at radius 1 is 1.00 bits per heavy atom. The highest BCUT2D eigenvalue weighted by Gasteiger charge is 2.22. The van der Waals surface area contributed by atoms with Gasteiger partial charge in [0.05, 0.1) is 5.69 Å². The van der Waals surface area contributed by atoms with Gasteiger partial charge in [-0.1, -0.05) is 45.3 Å². The van der Waals surface area contributed by atoms with E-state index in [-0.39, 0.29) is 5.82 Å². The molecule has 4 rings (SSSR count). The van der Waals surface area contributed by atoms with Gasteiger partial charge in [0.1, 0.15) is 5.82 Å². The fourth-order valence-electron chi connectivity index (χ4n) is 3.11. The first-order valence-corrected chi connectivity index (χ1v) is 9.25. The van der Waals surface area contributed by atoms with Crippen LogP contribution in [0.1, 0.15) is 5.56 Å². The van der Waals surface area contributed by atoms with Gasteiger partial charge >= 0.3 is 0 Å². The third-order valence-electron chi connectivity index (χ3n) is 4.52. The normalized spacial score (nSPS) is 15.4. The van der Waals surface area contributed by atoms with Crippen LogP contribution < -0.4 is 4.90 Å². The van der Waals surface area contributed by atoms with E-state index in [4.69, 9.17) is 0 Å². The quantitative estimate of drug-likeness (QED) is 0.654. The maximum Gasteiger partial charge on any atom is 0.250 e. The fraction of sp³-hybridized carbons (Fsp3) is 0.278. The van der Waals surface area contributed by atoms with Gasteiger partial charge in [0, 0.05) is 37.2 Å². The molecule has 0 spiro atoms. The van der Waals surface area contributed by atoms with Gasteiger partial charge in [0.2, 0.25) is 5.95 Å². The number of benzene rings is 2. The summed E-state index contributed by atoms with van der Waals surface area (Å²) in [6.07, 6.45) is 0. The zero-order valence-electron chi connectivity index (χ0n) is 14.1. The zero-order chi connectivity index (χ0) is 17.9. The van der Waals surface area contributed by atoms with Crippen molar-refractivity contribution in [1.82, 2.24) is 25.1 Å². The lowest BCUT2D eigenvalue weighted by Gasteiger charge is -2.34. The summed E-state index contributed by atoms with van der Waals surface area (Å²) >= 11 is 3.45. The summed E-state index contributed by atoms with van der Waals surface area (Å²) in [7, 11) is 0. The summed E-state index contributed by atoms with van der Waals surface area (Å²) in [5, 5.41) is 12.2. The SMILES string of the molecule is Fc1ccc(CN2CCN(c3nnnn3-c3ccccc3)CC2)c(Br)c1. The Morgan fingerprint density at radius 2 is 1.77 bits per heavy atom. The van der Waals surface area contributed by atoms with Crippen LogP contribution in [0, 0.1) is 5.82 Å². The summed E-state index contributed by atoms with van der Waals surface area (Å²) in [6.45, 7) is 4.26. The molecule has 0 atom stereocenters. The molecule has 3 aromatic rings. The molecular weight excluding hydrogens is 399 g/mol. The average Bonchev–Trinajstić information content (AvgIpc) is 3.15. The predicted octanol–water partition coefficient (Wildman–Crippen LogP) is 2.89. The molecule has 0 N–H and O–H groups in total. The summed E-state index contributed by atoms with van der Waals surface area (Å²) in [5.74, 6) is 0.539. The molecule has 0 aliphatic carbocycles.